The summed E-state index contributed by atoms with van der Waals surface area (Å²) in [6.45, 7) is 5.66. The van der Waals surface area contributed by atoms with Crippen molar-refractivity contribution in [3.8, 4) is 5.75 Å². The Bertz CT molecular complexity index is 396. The van der Waals surface area contributed by atoms with Gasteiger partial charge in [0.05, 0.1) is 7.11 Å². The van der Waals surface area contributed by atoms with Crippen LogP contribution in [0.1, 0.15) is 45.1 Å². The quantitative estimate of drug-likeness (QED) is 0.846. The molecule has 2 nitrogen and oxygen atoms in total. The number of nitrogens with one attached hydrogen (secondary N) is 1. The monoisotopic (exact) mass is 275 g/mol. The molecule has 1 aliphatic rings. The van der Waals surface area contributed by atoms with Crippen molar-refractivity contribution in [3.05, 3.63) is 29.8 Å². The zero-order chi connectivity index (χ0) is 14.4. The fourth-order valence-corrected chi connectivity index (χ4v) is 3.41. The van der Waals surface area contributed by atoms with Crippen molar-refractivity contribution in [2.24, 2.45) is 11.8 Å². The highest BCUT2D eigenvalue weighted by molar-refractivity contribution is 5.29. The molecule has 112 valence electrons. The Morgan fingerprint density at radius 3 is 2.65 bits per heavy atom. The van der Waals surface area contributed by atoms with Gasteiger partial charge in [-0.15, -0.1) is 0 Å². The van der Waals surface area contributed by atoms with Crippen molar-refractivity contribution < 1.29 is 4.74 Å². The molecule has 0 bridgehead atoms. The summed E-state index contributed by atoms with van der Waals surface area (Å²) in [5, 5.41) is 3.71. The minimum absolute atomic E-state index is 0.611. The maximum atomic E-state index is 5.34. The first-order valence-corrected chi connectivity index (χ1v) is 8.09. The van der Waals surface area contributed by atoms with Gasteiger partial charge >= 0.3 is 0 Å². The molecule has 0 radical (unpaired) electrons. The third kappa shape index (κ3) is 4.24. The Morgan fingerprint density at radius 1 is 1.25 bits per heavy atom. The van der Waals surface area contributed by atoms with E-state index in [1.807, 2.05) is 6.07 Å². The van der Waals surface area contributed by atoms with Crippen LogP contribution in [0.5, 0.6) is 5.75 Å². The average molecular weight is 275 g/mol. The van der Waals surface area contributed by atoms with Gasteiger partial charge in [0.2, 0.25) is 0 Å². The van der Waals surface area contributed by atoms with E-state index in [1.54, 1.807) is 7.11 Å². The number of rotatable bonds is 6. The molecule has 1 atom stereocenters. The third-order valence-corrected chi connectivity index (χ3v) is 4.69. The molecule has 1 aromatic carbocycles. The molecule has 2 heteroatoms. The number of hydrogen-bond donors (Lipinski definition) is 1. The molecular formula is C18H29NO. The van der Waals surface area contributed by atoms with Crippen LogP contribution in [0.2, 0.25) is 0 Å². The van der Waals surface area contributed by atoms with Crippen molar-refractivity contribution in [1.82, 2.24) is 5.32 Å². The van der Waals surface area contributed by atoms with Gasteiger partial charge in [-0.05, 0) is 55.3 Å². The standard InChI is InChI=1S/C18H29NO/c1-4-19-18(16-10-8-14(2)9-11-16)13-15-6-5-7-17(12-15)20-3/h5-7,12,14,16,18-19H,4,8-11,13H2,1-3H3. The van der Waals surface area contributed by atoms with Gasteiger partial charge in [0.15, 0.2) is 0 Å². The Labute approximate surface area is 123 Å². The van der Waals surface area contributed by atoms with Crippen LogP contribution in [0.25, 0.3) is 0 Å². The van der Waals surface area contributed by atoms with Crippen molar-refractivity contribution in [3.63, 3.8) is 0 Å². The molecule has 1 N–H and O–H groups in total. The molecular weight excluding hydrogens is 246 g/mol. The Kier molecular flexibility index (Phi) is 5.90. The zero-order valence-corrected chi connectivity index (χ0v) is 13.2. The highest BCUT2D eigenvalue weighted by Gasteiger charge is 2.25. The number of hydrogen-bond acceptors (Lipinski definition) is 2. The van der Waals surface area contributed by atoms with E-state index in [4.69, 9.17) is 4.74 Å². The van der Waals surface area contributed by atoms with Gasteiger partial charge in [0.25, 0.3) is 0 Å². The van der Waals surface area contributed by atoms with E-state index in [0.717, 1.165) is 30.6 Å². The minimum Gasteiger partial charge on any atom is -0.497 e. The lowest BCUT2D eigenvalue weighted by Gasteiger charge is -2.33. The first-order valence-electron chi connectivity index (χ1n) is 8.09. The SMILES string of the molecule is CCNC(Cc1cccc(OC)c1)C1CCC(C)CC1. The molecule has 0 aromatic heterocycles. The zero-order valence-electron chi connectivity index (χ0n) is 13.2. The second-order valence-electron chi connectivity index (χ2n) is 6.24. The summed E-state index contributed by atoms with van der Waals surface area (Å²) in [6.07, 6.45) is 6.66. The summed E-state index contributed by atoms with van der Waals surface area (Å²) < 4.78 is 5.34. The molecule has 1 unspecified atom stereocenters. The summed E-state index contributed by atoms with van der Waals surface area (Å²) in [7, 11) is 1.74. The van der Waals surface area contributed by atoms with Crippen LogP contribution < -0.4 is 10.1 Å². The van der Waals surface area contributed by atoms with Crippen molar-refractivity contribution in [1.29, 1.82) is 0 Å². The highest BCUT2D eigenvalue weighted by atomic mass is 16.5. The molecule has 1 saturated carbocycles. The largest absolute Gasteiger partial charge is 0.497 e. The second-order valence-corrected chi connectivity index (χ2v) is 6.24. The molecule has 0 aliphatic heterocycles. The second kappa shape index (κ2) is 7.68. The van der Waals surface area contributed by atoms with E-state index in [2.05, 4.69) is 37.4 Å². The number of likely N-dealkylation sites (N-methyl/N-ethyl adjacent to an activating group) is 1. The van der Waals surface area contributed by atoms with Gasteiger partial charge in [-0.2, -0.15) is 0 Å². The molecule has 1 fully saturated rings. The van der Waals surface area contributed by atoms with Crippen molar-refractivity contribution >= 4 is 0 Å². The van der Waals surface area contributed by atoms with Gasteiger partial charge in [-0.3, -0.25) is 0 Å². The Hall–Kier alpha value is -1.02. The van der Waals surface area contributed by atoms with Crippen LogP contribution >= 0.6 is 0 Å². The topological polar surface area (TPSA) is 21.3 Å². The van der Waals surface area contributed by atoms with E-state index >= 15 is 0 Å². The van der Waals surface area contributed by atoms with Crippen LogP contribution in [0.4, 0.5) is 0 Å². The Morgan fingerprint density at radius 2 is 2.00 bits per heavy atom. The van der Waals surface area contributed by atoms with Crippen LogP contribution in [0.3, 0.4) is 0 Å². The number of methoxy groups -OCH3 is 1. The van der Waals surface area contributed by atoms with Crippen LogP contribution in [0, 0.1) is 11.8 Å². The molecule has 0 amide bonds. The van der Waals surface area contributed by atoms with E-state index in [1.165, 1.54) is 31.2 Å². The van der Waals surface area contributed by atoms with Gasteiger partial charge in [0, 0.05) is 6.04 Å². The summed E-state index contributed by atoms with van der Waals surface area (Å²) in [5.74, 6) is 2.72. The first-order chi connectivity index (χ1) is 9.72. The lowest BCUT2D eigenvalue weighted by Crippen LogP contribution is -2.39. The van der Waals surface area contributed by atoms with Gasteiger partial charge < -0.3 is 10.1 Å². The first kappa shape index (κ1) is 15.4. The van der Waals surface area contributed by atoms with E-state index in [9.17, 15) is 0 Å². The van der Waals surface area contributed by atoms with Gasteiger partial charge in [-0.1, -0.05) is 38.8 Å². The smallest absolute Gasteiger partial charge is 0.119 e. The van der Waals surface area contributed by atoms with Crippen molar-refractivity contribution in [2.45, 2.75) is 52.0 Å². The third-order valence-electron chi connectivity index (χ3n) is 4.69. The fraction of sp³-hybridized carbons (Fsp3) is 0.667. The summed E-state index contributed by atoms with van der Waals surface area (Å²) in [4.78, 5) is 0. The maximum absolute atomic E-state index is 5.34. The lowest BCUT2D eigenvalue weighted by molar-refractivity contribution is 0.230. The van der Waals surface area contributed by atoms with E-state index in [-0.39, 0.29) is 0 Å². The molecule has 1 aliphatic carbocycles. The molecule has 20 heavy (non-hydrogen) atoms. The van der Waals surface area contributed by atoms with E-state index in [0.29, 0.717) is 6.04 Å². The molecule has 0 heterocycles. The minimum atomic E-state index is 0.611. The van der Waals surface area contributed by atoms with Crippen LogP contribution in [-0.4, -0.2) is 19.7 Å². The van der Waals surface area contributed by atoms with Crippen LogP contribution in [0.15, 0.2) is 24.3 Å². The molecule has 0 saturated heterocycles. The summed E-state index contributed by atoms with van der Waals surface area (Å²) >= 11 is 0. The predicted molar refractivity (Wildman–Crippen MR) is 85.3 cm³/mol. The lowest BCUT2D eigenvalue weighted by atomic mass is 9.77. The van der Waals surface area contributed by atoms with Crippen LogP contribution in [-0.2, 0) is 6.42 Å². The molecule has 0 spiro atoms. The summed E-state index contributed by atoms with van der Waals surface area (Å²) in [6, 6.07) is 9.13. The average Bonchev–Trinajstić information content (AvgIpc) is 2.48. The molecule has 1 aromatic rings. The number of ether oxygens (including phenoxy) is 1. The molecule has 2 rings (SSSR count). The predicted octanol–water partition coefficient (Wildman–Crippen LogP) is 4.04. The Balaban J connectivity index is 2.00. The van der Waals surface area contributed by atoms with E-state index < -0.39 is 0 Å². The van der Waals surface area contributed by atoms with Gasteiger partial charge in [0.1, 0.15) is 5.75 Å². The fourth-order valence-electron chi connectivity index (χ4n) is 3.41. The number of benzene rings is 1. The van der Waals surface area contributed by atoms with Crippen molar-refractivity contribution in [2.75, 3.05) is 13.7 Å². The maximum Gasteiger partial charge on any atom is 0.119 e. The van der Waals surface area contributed by atoms with Gasteiger partial charge in [-0.25, -0.2) is 0 Å². The highest BCUT2D eigenvalue weighted by Crippen LogP contribution is 2.31. The normalized spacial score (nSPS) is 24.4. The summed E-state index contributed by atoms with van der Waals surface area (Å²) in [5.41, 5.74) is 1.38.